The van der Waals surface area contributed by atoms with Gasteiger partial charge in [0.1, 0.15) is 11.6 Å². The largest absolute Gasteiger partial charge is 0.330 e. The van der Waals surface area contributed by atoms with Gasteiger partial charge >= 0.3 is 0 Å². The Morgan fingerprint density at radius 1 is 1.20 bits per heavy atom. The van der Waals surface area contributed by atoms with E-state index in [1.54, 1.807) is 6.92 Å². The molecule has 0 spiro atoms. The van der Waals surface area contributed by atoms with Crippen molar-refractivity contribution in [3.63, 3.8) is 0 Å². The van der Waals surface area contributed by atoms with E-state index in [0.29, 0.717) is 24.1 Å². The average Bonchev–Trinajstić information content (AvgIpc) is 2.14. The number of rotatable bonds is 3. The SMILES string of the molecule is Cc1cc(F)c(CC(C)(C)CN)cc1F. The summed E-state index contributed by atoms with van der Waals surface area (Å²) in [6, 6.07) is 2.50. The second kappa shape index (κ2) is 4.27. The molecule has 84 valence electrons. The van der Waals surface area contributed by atoms with Gasteiger partial charge in [0.05, 0.1) is 0 Å². The molecule has 0 saturated heterocycles. The van der Waals surface area contributed by atoms with Crippen molar-refractivity contribution in [2.45, 2.75) is 27.2 Å². The summed E-state index contributed by atoms with van der Waals surface area (Å²) in [4.78, 5) is 0. The van der Waals surface area contributed by atoms with Crippen LogP contribution in [-0.4, -0.2) is 6.54 Å². The summed E-state index contributed by atoms with van der Waals surface area (Å²) in [6.07, 6.45) is 0.451. The molecule has 0 unspecified atom stereocenters. The van der Waals surface area contributed by atoms with Gasteiger partial charge in [0.15, 0.2) is 0 Å². The van der Waals surface area contributed by atoms with Gasteiger partial charge in [-0.2, -0.15) is 0 Å². The maximum Gasteiger partial charge on any atom is 0.126 e. The molecule has 0 heterocycles. The van der Waals surface area contributed by atoms with E-state index in [2.05, 4.69) is 0 Å². The predicted molar refractivity (Wildman–Crippen MR) is 57.6 cm³/mol. The zero-order chi connectivity index (χ0) is 11.6. The molecule has 0 aromatic heterocycles. The second-order valence-corrected chi connectivity index (χ2v) is 4.74. The lowest BCUT2D eigenvalue weighted by atomic mass is 9.85. The van der Waals surface area contributed by atoms with Gasteiger partial charge in [-0.1, -0.05) is 13.8 Å². The highest BCUT2D eigenvalue weighted by atomic mass is 19.1. The van der Waals surface area contributed by atoms with Crippen LogP contribution < -0.4 is 5.73 Å². The molecule has 0 bridgehead atoms. The Morgan fingerprint density at radius 2 is 1.80 bits per heavy atom. The average molecular weight is 213 g/mol. The topological polar surface area (TPSA) is 26.0 Å². The minimum absolute atomic E-state index is 0.206. The summed E-state index contributed by atoms with van der Waals surface area (Å²) in [7, 11) is 0. The molecule has 0 fully saturated rings. The predicted octanol–water partition coefficient (Wildman–Crippen LogP) is 2.80. The van der Waals surface area contributed by atoms with Crippen molar-refractivity contribution < 1.29 is 8.78 Å². The van der Waals surface area contributed by atoms with Gasteiger partial charge < -0.3 is 5.73 Å². The molecule has 0 radical (unpaired) electrons. The van der Waals surface area contributed by atoms with Gasteiger partial charge in [0.2, 0.25) is 0 Å². The molecular formula is C12H17F2N. The van der Waals surface area contributed by atoms with Crippen molar-refractivity contribution in [1.29, 1.82) is 0 Å². The molecule has 0 amide bonds. The zero-order valence-corrected chi connectivity index (χ0v) is 9.40. The van der Waals surface area contributed by atoms with Crippen molar-refractivity contribution in [2.24, 2.45) is 11.1 Å². The first-order valence-electron chi connectivity index (χ1n) is 5.00. The van der Waals surface area contributed by atoms with Crippen molar-refractivity contribution in [3.05, 3.63) is 34.9 Å². The van der Waals surface area contributed by atoms with Crippen LogP contribution in [-0.2, 0) is 6.42 Å². The highest BCUT2D eigenvalue weighted by Gasteiger charge is 2.19. The lowest BCUT2D eigenvalue weighted by Crippen LogP contribution is -2.26. The lowest BCUT2D eigenvalue weighted by Gasteiger charge is -2.22. The number of hydrogen-bond donors (Lipinski definition) is 1. The van der Waals surface area contributed by atoms with E-state index in [9.17, 15) is 8.78 Å². The fourth-order valence-electron chi connectivity index (χ4n) is 1.41. The first kappa shape index (κ1) is 12.1. The second-order valence-electron chi connectivity index (χ2n) is 4.74. The normalized spacial score (nSPS) is 11.9. The smallest absolute Gasteiger partial charge is 0.126 e. The van der Waals surface area contributed by atoms with Gasteiger partial charge in [-0.25, -0.2) is 8.78 Å². The van der Waals surface area contributed by atoms with Crippen molar-refractivity contribution in [1.82, 2.24) is 0 Å². The maximum atomic E-state index is 13.5. The summed E-state index contributed by atoms with van der Waals surface area (Å²) < 4.78 is 26.7. The van der Waals surface area contributed by atoms with Crippen LogP contribution in [0.2, 0.25) is 0 Å². The van der Waals surface area contributed by atoms with E-state index in [-0.39, 0.29) is 17.0 Å². The molecule has 0 aliphatic carbocycles. The molecular weight excluding hydrogens is 196 g/mol. The monoisotopic (exact) mass is 213 g/mol. The van der Waals surface area contributed by atoms with Crippen LogP contribution >= 0.6 is 0 Å². The zero-order valence-electron chi connectivity index (χ0n) is 9.40. The molecule has 15 heavy (non-hydrogen) atoms. The summed E-state index contributed by atoms with van der Waals surface area (Å²) in [5.41, 5.74) is 6.08. The summed E-state index contributed by atoms with van der Waals surface area (Å²) in [6.45, 7) is 5.87. The number of aryl methyl sites for hydroxylation is 1. The van der Waals surface area contributed by atoms with Crippen LogP contribution in [0.3, 0.4) is 0 Å². The van der Waals surface area contributed by atoms with E-state index in [4.69, 9.17) is 5.73 Å². The number of nitrogens with two attached hydrogens (primary N) is 1. The lowest BCUT2D eigenvalue weighted by molar-refractivity contribution is 0.369. The Kier molecular flexibility index (Phi) is 3.45. The number of halogens is 2. The highest BCUT2D eigenvalue weighted by Crippen LogP contribution is 2.23. The third-order valence-corrected chi connectivity index (χ3v) is 2.55. The van der Waals surface area contributed by atoms with Crippen molar-refractivity contribution in [3.8, 4) is 0 Å². The summed E-state index contributed by atoms with van der Waals surface area (Å²) in [5.74, 6) is -0.713. The molecule has 0 aliphatic rings. The number of hydrogen-bond acceptors (Lipinski definition) is 1. The third-order valence-electron chi connectivity index (χ3n) is 2.55. The third kappa shape index (κ3) is 2.99. The van der Waals surface area contributed by atoms with Gasteiger partial charge in [0, 0.05) is 0 Å². The van der Waals surface area contributed by atoms with Crippen LogP contribution in [0.4, 0.5) is 8.78 Å². The maximum absolute atomic E-state index is 13.5. The summed E-state index contributed by atoms with van der Waals surface area (Å²) in [5, 5.41) is 0. The Morgan fingerprint density at radius 3 is 2.33 bits per heavy atom. The van der Waals surface area contributed by atoms with Gasteiger partial charge in [-0.05, 0) is 48.6 Å². The van der Waals surface area contributed by atoms with Crippen LogP contribution in [0.15, 0.2) is 12.1 Å². The molecule has 0 aliphatic heterocycles. The van der Waals surface area contributed by atoms with E-state index in [1.165, 1.54) is 12.1 Å². The Hall–Kier alpha value is -0.960. The van der Waals surface area contributed by atoms with Crippen LogP contribution in [0.1, 0.15) is 25.0 Å². The van der Waals surface area contributed by atoms with Crippen molar-refractivity contribution >= 4 is 0 Å². The van der Waals surface area contributed by atoms with Gasteiger partial charge in [0.25, 0.3) is 0 Å². The molecule has 0 saturated carbocycles. The quantitative estimate of drug-likeness (QED) is 0.821. The van der Waals surface area contributed by atoms with Gasteiger partial charge in [-0.15, -0.1) is 0 Å². The van der Waals surface area contributed by atoms with Crippen LogP contribution in [0, 0.1) is 24.0 Å². The molecule has 2 N–H and O–H groups in total. The Balaban J connectivity index is 3.01. The molecule has 1 rings (SSSR count). The Bertz CT molecular complexity index is 359. The highest BCUT2D eigenvalue weighted by molar-refractivity contribution is 5.26. The minimum atomic E-state index is -0.362. The van der Waals surface area contributed by atoms with Crippen LogP contribution in [0.25, 0.3) is 0 Å². The molecule has 1 aromatic rings. The van der Waals surface area contributed by atoms with Crippen molar-refractivity contribution in [2.75, 3.05) is 6.54 Å². The van der Waals surface area contributed by atoms with E-state index >= 15 is 0 Å². The minimum Gasteiger partial charge on any atom is -0.330 e. The van der Waals surface area contributed by atoms with E-state index in [0.717, 1.165) is 0 Å². The fourth-order valence-corrected chi connectivity index (χ4v) is 1.41. The summed E-state index contributed by atoms with van der Waals surface area (Å²) >= 11 is 0. The fraction of sp³-hybridized carbons (Fsp3) is 0.500. The molecule has 1 nitrogen and oxygen atoms in total. The molecule has 0 atom stereocenters. The van der Waals surface area contributed by atoms with Gasteiger partial charge in [-0.3, -0.25) is 0 Å². The first-order chi connectivity index (χ1) is 6.85. The first-order valence-corrected chi connectivity index (χ1v) is 5.00. The van der Waals surface area contributed by atoms with E-state index < -0.39 is 0 Å². The number of benzene rings is 1. The Labute approximate surface area is 89.3 Å². The van der Waals surface area contributed by atoms with E-state index in [1.807, 2.05) is 13.8 Å². The van der Waals surface area contributed by atoms with Crippen LogP contribution in [0.5, 0.6) is 0 Å². The standard InChI is InChI=1S/C12H17F2N/c1-8-4-11(14)9(5-10(8)13)6-12(2,3)7-15/h4-5H,6-7,15H2,1-3H3. The molecule has 1 aromatic carbocycles. The molecule has 3 heteroatoms.